The van der Waals surface area contributed by atoms with Gasteiger partial charge in [0.05, 0.1) is 0 Å². The highest BCUT2D eigenvalue weighted by molar-refractivity contribution is 7.94. The quantitative estimate of drug-likeness (QED) is 0.943. The number of anilines is 2. The van der Waals surface area contributed by atoms with E-state index in [1.54, 1.807) is 48.8 Å². The molecule has 1 N–H and O–H groups in total. The van der Waals surface area contributed by atoms with E-state index >= 15 is 0 Å². The molecule has 1 amide bonds. The first-order valence-corrected chi connectivity index (χ1v) is 8.17. The summed E-state index contributed by atoms with van der Waals surface area (Å²) < 4.78 is 26.8. The van der Waals surface area contributed by atoms with Crippen molar-refractivity contribution in [2.24, 2.45) is 0 Å². The lowest BCUT2D eigenvalue weighted by atomic mass is 10.2. The first-order chi connectivity index (χ1) is 9.40. The molecule has 1 aromatic heterocycles. The molecular weight excluding hydrogens is 296 g/mol. The molecule has 1 aromatic carbocycles. The summed E-state index contributed by atoms with van der Waals surface area (Å²) in [5, 5.41) is 1.71. The number of nitrogens with zero attached hydrogens (tertiary/aromatic N) is 1. The topological polar surface area (TPSA) is 66.5 Å². The molecule has 0 bridgehead atoms. The van der Waals surface area contributed by atoms with Crippen LogP contribution in [0.1, 0.15) is 6.92 Å². The number of nitrogens with one attached hydrogen (secondary N) is 1. The highest BCUT2D eigenvalue weighted by atomic mass is 32.2. The van der Waals surface area contributed by atoms with E-state index in [2.05, 4.69) is 4.72 Å². The number of carbonyl (C=O) groups is 1. The van der Waals surface area contributed by atoms with Crippen LogP contribution in [0.15, 0.2) is 46.0 Å². The van der Waals surface area contributed by atoms with Gasteiger partial charge >= 0.3 is 0 Å². The van der Waals surface area contributed by atoms with Gasteiger partial charge in [-0.15, -0.1) is 11.3 Å². The highest BCUT2D eigenvalue weighted by Gasteiger charge is 2.15. The van der Waals surface area contributed by atoms with Gasteiger partial charge in [0.2, 0.25) is 5.91 Å². The van der Waals surface area contributed by atoms with E-state index in [-0.39, 0.29) is 10.1 Å². The van der Waals surface area contributed by atoms with Crippen molar-refractivity contribution in [3.8, 4) is 0 Å². The largest absolute Gasteiger partial charge is 0.316 e. The number of hydrogen-bond acceptors (Lipinski definition) is 4. The molecule has 1 heterocycles. The third-order valence-electron chi connectivity index (χ3n) is 2.74. The maximum absolute atomic E-state index is 12.0. The van der Waals surface area contributed by atoms with Crippen LogP contribution < -0.4 is 9.62 Å². The minimum Gasteiger partial charge on any atom is -0.316 e. The number of rotatable bonds is 4. The SMILES string of the molecule is CC(=O)N(C)c1ccc(NS(=O)(=O)c2cccs2)cc1. The number of thiophene rings is 1. The Kier molecular flexibility index (Phi) is 4.10. The van der Waals surface area contributed by atoms with E-state index in [9.17, 15) is 13.2 Å². The highest BCUT2D eigenvalue weighted by Crippen LogP contribution is 2.22. The second-order valence-electron chi connectivity index (χ2n) is 4.16. The Morgan fingerprint density at radius 2 is 1.85 bits per heavy atom. The van der Waals surface area contributed by atoms with Crippen LogP contribution in [-0.4, -0.2) is 21.4 Å². The summed E-state index contributed by atoms with van der Waals surface area (Å²) in [6.07, 6.45) is 0. The molecule has 0 aliphatic heterocycles. The van der Waals surface area contributed by atoms with Crippen molar-refractivity contribution < 1.29 is 13.2 Å². The molecule has 2 rings (SSSR count). The second kappa shape index (κ2) is 5.64. The predicted molar refractivity (Wildman–Crippen MR) is 80.7 cm³/mol. The van der Waals surface area contributed by atoms with Crippen LogP contribution in [0, 0.1) is 0 Å². The summed E-state index contributed by atoms with van der Waals surface area (Å²) in [7, 11) is -1.87. The van der Waals surface area contributed by atoms with Gasteiger partial charge in [0, 0.05) is 25.3 Å². The molecular formula is C13H14N2O3S2. The summed E-state index contributed by atoms with van der Waals surface area (Å²) in [4.78, 5) is 12.7. The molecule has 0 fully saturated rings. The predicted octanol–water partition coefficient (Wildman–Crippen LogP) is 2.53. The zero-order chi connectivity index (χ0) is 14.8. The van der Waals surface area contributed by atoms with Crippen molar-refractivity contribution in [1.29, 1.82) is 0 Å². The van der Waals surface area contributed by atoms with Crippen molar-refractivity contribution in [2.75, 3.05) is 16.7 Å². The molecule has 106 valence electrons. The van der Waals surface area contributed by atoms with Gasteiger partial charge in [0.15, 0.2) is 0 Å². The lowest BCUT2D eigenvalue weighted by Crippen LogP contribution is -2.22. The van der Waals surface area contributed by atoms with Gasteiger partial charge in [0.25, 0.3) is 10.0 Å². The van der Waals surface area contributed by atoms with Gasteiger partial charge in [-0.25, -0.2) is 8.42 Å². The summed E-state index contributed by atoms with van der Waals surface area (Å²) in [6, 6.07) is 9.86. The van der Waals surface area contributed by atoms with E-state index in [4.69, 9.17) is 0 Å². The van der Waals surface area contributed by atoms with Crippen LogP contribution in [0.3, 0.4) is 0 Å². The molecule has 0 unspecified atom stereocenters. The molecule has 2 aromatic rings. The summed E-state index contributed by atoms with van der Waals surface area (Å²) >= 11 is 1.16. The summed E-state index contributed by atoms with van der Waals surface area (Å²) in [5.74, 6) is -0.0862. The molecule has 0 spiro atoms. The van der Waals surface area contributed by atoms with Crippen LogP contribution >= 0.6 is 11.3 Å². The van der Waals surface area contributed by atoms with E-state index in [0.29, 0.717) is 11.4 Å². The standard InChI is InChI=1S/C13H14N2O3S2/c1-10(16)15(2)12-7-5-11(6-8-12)14-20(17,18)13-4-3-9-19-13/h3-9,14H,1-2H3. The van der Waals surface area contributed by atoms with Gasteiger partial charge in [-0.3, -0.25) is 9.52 Å². The molecule has 7 heteroatoms. The molecule has 0 saturated heterocycles. The maximum atomic E-state index is 12.0. The lowest BCUT2D eigenvalue weighted by molar-refractivity contribution is -0.116. The monoisotopic (exact) mass is 310 g/mol. The zero-order valence-electron chi connectivity index (χ0n) is 11.0. The zero-order valence-corrected chi connectivity index (χ0v) is 12.7. The first kappa shape index (κ1) is 14.5. The molecule has 0 aliphatic carbocycles. The van der Waals surface area contributed by atoms with Crippen LogP contribution in [-0.2, 0) is 14.8 Å². The Labute approximate surface area is 121 Å². The normalized spacial score (nSPS) is 11.1. The number of amides is 1. The second-order valence-corrected chi connectivity index (χ2v) is 7.02. The van der Waals surface area contributed by atoms with Gasteiger partial charge < -0.3 is 4.90 Å². The van der Waals surface area contributed by atoms with Crippen LogP contribution in [0.2, 0.25) is 0 Å². The van der Waals surface area contributed by atoms with Gasteiger partial charge in [0.1, 0.15) is 4.21 Å². The Bertz CT molecular complexity index is 692. The number of hydrogen-bond donors (Lipinski definition) is 1. The molecule has 0 aliphatic rings. The summed E-state index contributed by atoms with van der Waals surface area (Å²) in [6.45, 7) is 1.47. The van der Waals surface area contributed by atoms with E-state index in [1.165, 1.54) is 11.8 Å². The Balaban J connectivity index is 2.18. The Morgan fingerprint density at radius 1 is 1.20 bits per heavy atom. The fourth-order valence-electron chi connectivity index (χ4n) is 1.56. The molecule has 0 radical (unpaired) electrons. The molecule has 5 nitrogen and oxygen atoms in total. The van der Waals surface area contributed by atoms with Gasteiger partial charge in [-0.2, -0.15) is 0 Å². The summed E-state index contributed by atoms with van der Waals surface area (Å²) in [5.41, 5.74) is 1.16. The number of carbonyl (C=O) groups excluding carboxylic acids is 1. The van der Waals surface area contributed by atoms with Crippen LogP contribution in [0.25, 0.3) is 0 Å². The third kappa shape index (κ3) is 3.17. The van der Waals surface area contributed by atoms with E-state index < -0.39 is 10.0 Å². The average Bonchev–Trinajstić information content (AvgIpc) is 2.93. The van der Waals surface area contributed by atoms with Crippen molar-refractivity contribution in [3.63, 3.8) is 0 Å². The minimum atomic E-state index is -3.53. The average molecular weight is 310 g/mol. The Morgan fingerprint density at radius 3 is 2.35 bits per heavy atom. The van der Waals surface area contributed by atoms with Crippen molar-refractivity contribution >= 4 is 38.6 Å². The van der Waals surface area contributed by atoms with Crippen molar-refractivity contribution in [1.82, 2.24) is 0 Å². The Hall–Kier alpha value is -1.86. The third-order valence-corrected chi connectivity index (χ3v) is 5.52. The first-order valence-electron chi connectivity index (χ1n) is 5.81. The molecule has 0 atom stereocenters. The smallest absolute Gasteiger partial charge is 0.271 e. The van der Waals surface area contributed by atoms with Crippen LogP contribution in [0.5, 0.6) is 0 Å². The van der Waals surface area contributed by atoms with Gasteiger partial charge in [-0.05, 0) is 35.7 Å². The van der Waals surface area contributed by atoms with E-state index in [0.717, 1.165) is 11.3 Å². The number of benzene rings is 1. The molecule has 0 saturated carbocycles. The lowest BCUT2D eigenvalue weighted by Gasteiger charge is -2.15. The fourth-order valence-corrected chi connectivity index (χ4v) is 3.61. The van der Waals surface area contributed by atoms with E-state index in [1.807, 2.05) is 0 Å². The minimum absolute atomic E-state index is 0.0862. The van der Waals surface area contributed by atoms with Crippen molar-refractivity contribution in [3.05, 3.63) is 41.8 Å². The number of sulfonamides is 1. The maximum Gasteiger partial charge on any atom is 0.271 e. The van der Waals surface area contributed by atoms with Crippen molar-refractivity contribution in [2.45, 2.75) is 11.1 Å². The van der Waals surface area contributed by atoms with Gasteiger partial charge in [-0.1, -0.05) is 6.07 Å². The van der Waals surface area contributed by atoms with Crippen LogP contribution in [0.4, 0.5) is 11.4 Å². The molecule has 20 heavy (non-hydrogen) atoms. The fraction of sp³-hybridized carbons (Fsp3) is 0.154.